The lowest BCUT2D eigenvalue weighted by atomic mass is 10.6. The van der Waals surface area contributed by atoms with E-state index in [4.69, 9.17) is 0 Å². The normalized spacial score (nSPS) is 12.2. The summed E-state index contributed by atoms with van der Waals surface area (Å²) in [7, 11) is -0.287. The standard InChI is InChI=1S/C6H11O3P/c1-4-5-6-10(7,8-2)9-3/h4-6H,1H2,2-3H3/b6-5-. The molecule has 0 amide bonds. The van der Waals surface area contributed by atoms with Gasteiger partial charge in [0.05, 0.1) is 0 Å². The molecule has 3 nitrogen and oxygen atoms in total. The van der Waals surface area contributed by atoms with Crippen LogP contribution in [0.1, 0.15) is 0 Å². The Morgan fingerprint density at radius 1 is 1.40 bits per heavy atom. The minimum Gasteiger partial charge on any atom is -0.309 e. The van der Waals surface area contributed by atoms with Gasteiger partial charge in [0, 0.05) is 20.0 Å². The lowest BCUT2D eigenvalue weighted by Crippen LogP contribution is -1.82. The molecule has 0 aromatic carbocycles. The maximum absolute atomic E-state index is 11.1. The van der Waals surface area contributed by atoms with Gasteiger partial charge in [0.25, 0.3) is 0 Å². The molecule has 0 aromatic rings. The number of hydrogen-bond acceptors (Lipinski definition) is 3. The molecule has 58 valence electrons. The summed E-state index contributed by atoms with van der Waals surface area (Å²) in [6, 6.07) is 0. The maximum atomic E-state index is 11.1. The summed E-state index contributed by atoms with van der Waals surface area (Å²) in [5.41, 5.74) is 0. The molecule has 4 heteroatoms. The van der Waals surface area contributed by atoms with Gasteiger partial charge in [-0.15, -0.1) is 0 Å². The molecule has 0 aromatic heterocycles. The minimum atomic E-state index is -2.95. The van der Waals surface area contributed by atoms with Gasteiger partial charge >= 0.3 is 7.60 Å². The van der Waals surface area contributed by atoms with Gasteiger partial charge in [0.1, 0.15) is 0 Å². The fourth-order valence-electron chi connectivity index (χ4n) is 0.363. The Hall–Kier alpha value is -0.370. The van der Waals surface area contributed by atoms with Gasteiger partial charge in [-0.05, 0) is 0 Å². The first kappa shape index (κ1) is 9.63. The van der Waals surface area contributed by atoms with Crippen LogP contribution in [0.3, 0.4) is 0 Å². The third-order valence-corrected chi connectivity index (χ3v) is 2.47. The van der Waals surface area contributed by atoms with Crippen LogP contribution in [0.2, 0.25) is 0 Å². The van der Waals surface area contributed by atoms with E-state index >= 15 is 0 Å². The zero-order valence-corrected chi connectivity index (χ0v) is 7.01. The van der Waals surface area contributed by atoms with E-state index in [2.05, 4.69) is 15.6 Å². The highest BCUT2D eigenvalue weighted by Crippen LogP contribution is 2.47. The zero-order chi connectivity index (χ0) is 8.04. The topological polar surface area (TPSA) is 35.5 Å². The summed E-state index contributed by atoms with van der Waals surface area (Å²) >= 11 is 0. The third-order valence-electron chi connectivity index (χ3n) is 0.914. The molecule has 0 spiro atoms. The number of allylic oxidation sites excluding steroid dienone is 2. The molecule has 0 bridgehead atoms. The van der Waals surface area contributed by atoms with Crippen LogP contribution in [0.4, 0.5) is 0 Å². The van der Waals surface area contributed by atoms with Crippen molar-refractivity contribution in [2.24, 2.45) is 0 Å². The van der Waals surface area contributed by atoms with Gasteiger partial charge in [0.2, 0.25) is 0 Å². The van der Waals surface area contributed by atoms with Crippen molar-refractivity contribution in [2.45, 2.75) is 0 Å². The van der Waals surface area contributed by atoms with Gasteiger partial charge in [-0.3, -0.25) is 4.57 Å². The highest BCUT2D eigenvalue weighted by atomic mass is 31.2. The average molecular weight is 162 g/mol. The fourth-order valence-corrected chi connectivity index (χ4v) is 1.09. The molecular weight excluding hydrogens is 151 g/mol. The lowest BCUT2D eigenvalue weighted by molar-refractivity contribution is 0.286. The summed E-state index contributed by atoms with van der Waals surface area (Å²) in [6.07, 6.45) is 3.03. The van der Waals surface area contributed by atoms with Crippen molar-refractivity contribution in [3.8, 4) is 0 Å². The third kappa shape index (κ3) is 2.97. The Bertz CT molecular complexity index is 166. The van der Waals surface area contributed by atoms with Crippen molar-refractivity contribution in [1.82, 2.24) is 0 Å². The summed E-state index contributed by atoms with van der Waals surface area (Å²) in [5.74, 6) is 1.35. The lowest BCUT2D eigenvalue weighted by Gasteiger charge is -2.06. The van der Waals surface area contributed by atoms with Crippen LogP contribution in [-0.2, 0) is 13.6 Å². The van der Waals surface area contributed by atoms with Crippen LogP contribution in [-0.4, -0.2) is 14.2 Å². The quantitative estimate of drug-likeness (QED) is 0.469. The second-order valence-corrected chi connectivity index (χ2v) is 3.59. The summed E-state index contributed by atoms with van der Waals surface area (Å²) in [6.45, 7) is 3.41. The van der Waals surface area contributed by atoms with Crippen LogP contribution in [0, 0.1) is 0 Å². The van der Waals surface area contributed by atoms with Gasteiger partial charge < -0.3 is 9.05 Å². The van der Waals surface area contributed by atoms with Crippen LogP contribution >= 0.6 is 7.60 Å². The van der Waals surface area contributed by atoms with Gasteiger partial charge in [-0.25, -0.2) is 0 Å². The first-order chi connectivity index (χ1) is 4.68. The van der Waals surface area contributed by atoms with Gasteiger partial charge in [-0.1, -0.05) is 18.7 Å². The zero-order valence-electron chi connectivity index (χ0n) is 6.11. The van der Waals surface area contributed by atoms with Gasteiger partial charge in [0.15, 0.2) is 0 Å². The second kappa shape index (κ2) is 4.45. The molecule has 0 atom stereocenters. The smallest absolute Gasteiger partial charge is 0.309 e. The SMILES string of the molecule is C=C/C=C\P(=O)(OC)OC. The number of hydrogen-bond donors (Lipinski definition) is 0. The predicted octanol–water partition coefficient (Wildman–Crippen LogP) is 2.17. The average Bonchev–Trinajstić information content (AvgIpc) is 2.00. The molecule has 0 N–H and O–H groups in total. The van der Waals surface area contributed by atoms with Crippen molar-refractivity contribution < 1.29 is 13.6 Å². The maximum Gasteiger partial charge on any atom is 0.353 e. The van der Waals surface area contributed by atoms with E-state index in [0.29, 0.717) is 0 Å². The minimum absolute atomic E-state index is 1.33. The molecule has 0 heterocycles. The monoisotopic (exact) mass is 162 g/mol. The molecule has 0 rings (SSSR count). The summed E-state index contributed by atoms with van der Waals surface area (Å²) in [5, 5.41) is 0. The molecule has 10 heavy (non-hydrogen) atoms. The predicted molar refractivity (Wildman–Crippen MR) is 41.0 cm³/mol. The Labute approximate surface area is 60.9 Å². The summed E-state index contributed by atoms with van der Waals surface area (Å²) in [4.78, 5) is 0. The van der Waals surface area contributed by atoms with Crippen molar-refractivity contribution in [2.75, 3.05) is 14.2 Å². The molecule has 0 saturated carbocycles. The molecule has 0 aliphatic carbocycles. The Balaban J connectivity index is 4.20. The highest BCUT2D eigenvalue weighted by Gasteiger charge is 2.14. The van der Waals surface area contributed by atoms with E-state index in [1.165, 1.54) is 32.2 Å². The van der Waals surface area contributed by atoms with E-state index < -0.39 is 7.60 Å². The van der Waals surface area contributed by atoms with E-state index in [0.717, 1.165) is 0 Å². The largest absolute Gasteiger partial charge is 0.353 e. The van der Waals surface area contributed by atoms with Crippen molar-refractivity contribution >= 4 is 7.60 Å². The fraction of sp³-hybridized carbons (Fsp3) is 0.333. The first-order valence-corrected chi connectivity index (χ1v) is 4.31. The van der Waals surface area contributed by atoms with Crippen molar-refractivity contribution in [1.29, 1.82) is 0 Å². The van der Waals surface area contributed by atoms with Crippen LogP contribution in [0.15, 0.2) is 24.5 Å². The Morgan fingerprint density at radius 2 is 1.90 bits per heavy atom. The van der Waals surface area contributed by atoms with Crippen LogP contribution in [0.5, 0.6) is 0 Å². The Kier molecular flexibility index (Phi) is 4.28. The molecule has 0 fully saturated rings. The number of rotatable bonds is 4. The van der Waals surface area contributed by atoms with Crippen LogP contribution in [0.25, 0.3) is 0 Å². The van der Waals surface area contributed by atoms with Crippen molar-refractivity contribution in [3.05, 3.63) is 24.5 Å². The molecule has 0 radical (unpaired) electrons. The van der Waals surface area contributed by atoms with E-state index in [1.807, 2.05) is 0 Å². The summed E-state index contributed by atoms with van der Waals surface area (Å²) < 4.78 is 20.3. The first-order valence-electron chi connectivity index (χ1n) is 2.70. The van der Waals surface area contributed by atoms with E-state index in [1.54, 1.807) is 0 Å². The van der Waals surface area contributed by atoms with Gasteiger partial charge in [-0.2, -0.15) is 0 Å². The molecule has 0 aliphatic heterocycles. The molecular formula is C6H11O3P. The van der Waals surface area contributed by atoms with E-state index in [-0.39, 0.29) is 0 Å². The van der Waals surface area contributed by atoms with Crippen molar-refractivity contribution in [3.63, 3.8) is 0 Å². The van der Waals surface area contributed by atoms with Crippen LogP contribution < -0.4 is 0 Å². The van der Waals surface area contributed by atoms with E-state index in [9.17, 15) is 4.57 Å². The molecule has 0 aliphatic rings. The Morgan fingerprint density at radius 3 is 2.20 bits per heavy atom. The molecule has 0 unspecified atom stereocenters. The highest BCUT2D eigenvalue weighted by molar-refractivity contribution is 7.57. The molecule has 0 saturated heterocycles. The second-order valence-electron chi connectivity index (χ2n) is 1.48.